The van der Waals surface area contributed by atoms with E-state index in [4.69, 9.17) is 4.74 Å². The van der Waals surface area contributed by atoms with Crippen molar-refractivity contribution in [1.29, 1.82) is 0 Å². The van der Waals surface area contributed by atoms with Crippen molar-refractivity contribution in [3.8, 4) is 5.75 Å². The number of carboxylic acid groups (broad SMARTS) is 1. The lowest BCUT2D eigenvalue weighted by molar-refractivity contribution is -0.159. The maximum atomic E-state index is 12.4. The summed E-state index contributed by atoms with van der Waals surface area (Å²) >= 11 is 0. The zero-order valence-corrected chi connectivity index (χ0v) is 13.3. The van der Waals surface area contributed by atoms with Crippen LogP contribution in [0, 0.1) is 0 Å². The fourth-order valence-electron chi connectivity index (χ4n) is 2.77. The number of nitrogens with zero attached hydrogens (tertiary/aromatic N) is 2. The predicted molar refractivity (Wildman–Crippen MR) is 87.4 cm³/mol. The van der Waals surface area contributed by atoms with E-state index < -0.39 is 17.1 Å². The first-order valence-electron chi connectivity index (χ1n) is 7.83. The van der Waals surface area contributed by atoms with Gasteiger partial charge in [0.15, 0.2) is 0 Å². The molecule has 0 radical (unpaired) electrons. The Morgan fingerprint density at radius 3 is 2.36 bits per heavy atom. The Labute approximate surface area is 143 Å². The molecule has 2 aromatic rings. The van der Waals surface area contributed by atoms with Crippen LogP contribution in [-0.2, 0) is 4.79 Å². The number of hydrogen-bond donors (Lipinski definition) is 2. The minimum atomic E-state index is -1.36. The van der Waals surface area contributed by atoms with Crippen molar-refractivity contribution in [2.75, 3.05) is 13.1 Å². The van der Waals surface area contributed by atoms with Crippen LogP contribution >= 0.6 is 0 Å². The first-order valence-corrected chi connectivity index (χ1v) is 7.83. The van der Waals surface area contributed by atoms with E-state index in [1.165, 1.54) is 17.0 Å². The molecule has 1 aliphatic rings. The number of amides is 1. The molecule has 1 aromatic carbocycles. The number of likely N-dealkylation sites (tertiary alicyclic amines) is 1. The van der Waals surface area contributed by atoms with Gasteiger partial charge >= 0.3 is 5.97 Å². The third-order valence-corrected chi connectivity index (χ3v) is 4.20. The van der Waals surface area contributed by atoms with E-state index in [0.717, 1.165) is 0 Å². The Morgan fingerprint density at radius 1 is 1.12 bits per heavy atom. The van der Waals surface area contributed by atoms with Crippen molar-refractivity contribution >= 4 is 11.9 Å². The number of piperidine rings is 1. The number of carboxylic acids is 1. The van der Waals surface area contributed by atoms with E-state index in [9.17, 15) is 19.5 Å². The molecule has 1 aromatic heterocycles. The zero-order chi connectivity index (χ0) is 17.9. The van der Waals surface area contributed by atoms with Gasteiger partial charge in [0.1, 0.15) is 11.4 Å². The topological polar surface area (TPSA) is 113 Å². The first-order chi connectivity index (χ1) is 12.0. The lowest BCUT2D eigenvalue weighted by atomic mass is 9.91. The maximum absolute atomic E-state index is 12.4. The standard InChI is InChI=1S/C17H17N3O5/c21-14-7-6-13(18-19-14)15(22)20-10-8-17(9-11-20,16(23)24)25-12-4-2-1-3-5-12/h1-7H,8-11H2,(H,19,21)(H,23,24). The number of benzene rings is 1. The number of carbonyl (C=O) groups excluding carboxylic acids is 1. The van der Waals surface area contributed by atoms with E-state index in [1.54, 1.807) is 24.3 Å². The summed E-state index contributed by atoms with van der Waals surface area (Å²) in [5.74, 6) is -0.924. The average Bonchev–Trinajstić information content (AvgIpc) is 2.63. The Balaban J connectivity index is 1.71. The maximum Gasteiger partial charge on any atom is 0.348 e. The molecule has 0 bridgehead atoms. The van der Waals surface area contributed by atoms with Crippen LogP contribution in [0.25, 0.3) is 0 Å². The fourth-order valence-corrected chi connectivity index (χ4v) is 2.77. The molecule has 1 fully saturated rings. The SMILES string of the molecule is O=C(c1ccc(=O)[nH]n1)N1CCC(Oc2ccccc2)(C(=O)O)CC1. The molecule has 130 valence electrons. The van der Waals surface area contributed by atoms with Crippen molar-refractivity contribution in [1.82, 2.24) is 15.1 Å². The van der Waals surface area contributed by atoms with Gasteiger partial charge in [-0.25, -0.2) is 9.89 Å². The molecular weight excluding hydrogens is 326 g/mol. The second-order valence-corrected chi connectivity index (χ2v) is 5.81. The predicted octanol–water partition coefficient (Wildman–Crippen LogP) is 0.908. The second-order valence-electron chi connectivity index (χ2n) is 5.81. The fraction of sp³-hybridized carbons (Fsp3) is 0.294. The molecule has 8 heteroatoms. The normalized spacial score (nSPS) is 16.2. The lowest BCUT2D eigenvalue weighted by Crippen LogP contribution is -2.54. The summed E-state index contributed by atoms with van der Waals surface area (Å²) in [5, 5.41) is 15.6. The number of aromatic amines is 1. The summed E-state index contributed by atoms with van der Waals surface area (Å²) in [6.45, 7) is 0.442. The molecule has 25 heavy (non-hydrogen) atoms. The summed E-state index contributed by atoms with van der Waals surface area (Å²) in [5.41, 5.74) is -1.64. The van der Waals surface area contributed by atoms with Crippen molar-refractivity contribution in [2.24, 2.45) is 0 Å². The van der Waals surface area contributed by atoms with Crippen LogP contribution < -0.4 is 10.3 Å². The summed E-state index contributed by atoms with van der Waals surface area (Å²) in [7, 11) is 0. The highest BCUT2D eigenvalue weighted by Gasteiger charge is 2.45. The number of ether oxygens (including phenoxy) is 1. The molecule has 2 N–H and O–H groups in total. The van der Waals surface area contributed by atoms with Crippen molar-refractivity contribution in [2.45, 2.75) is 18.4 Å². The molecule has 1 aliphatic heterocycles. The number of nitrogens with one attached hydrogen (secondary N) is 1. The Morgan fingerprint density at radius 2 is 1.80 bits per heavy atom. The molecule has 3 rings (SSSR count). The van der Waals surface area contributed by atoms with Crippen molar-refractivity contribution in [3.05, 3.63) is 58.5 Å². The van der Waals surface area contributed by atoms with Crippen molar-refractivity contribution < 1.29 is 19.4 Å². The highest BCUT2D eigenvalue weighted by molar-refractivity contribution is 5.92. The van der Waals surface area contributed by atoms with Crippen molar-refractivity contribution in [3.63, 3.8) is 0 Å². The second kappa shape index (κ2) is 6.76. The largest absolute Gasteiger partial charge is 0.478 e. The molecule has 0 aliphatic carbocycles. The molecule has 0 unspecified atom stereocenters. The summed E-state index contributed by atoms with van der Waals surface area (Å²) in [6, 6.07) is 11.3. The number of hydrogen-bond acceptors (Lipinski definition) is 5. The Kier molecular flexibility index (Phi) is 4.51. The number of H-pyrrole nitrogens is 1. The molecule has 0 atom stereocenters. The molecule has 0 saturated carbocycles. The van der Waals surface area contributed by atoms with E-state index in [1.807, 2.05) is 6.07 Å². The van der Waals surface area contributed by atoms with E-state index in [2.05, 4.69) is 10.2 Å². The van der Waals surface area contributed by atoms with Crippen LogP contribution in [0.4, 0.5) is 0 Å². The van der Waals surface area contributed by atoms with Gasteiger partial charge in [0.25, 0.3) is 11.5 Å². The number of aromatic nitrogens is 2. The summed E-state index contributed by atoms with van der Waals surface area (Å²) in [6.07, 6.45) is 0.318. The van der Waals surface area contributed by atoms with Gasteiger partial charge in [0.05, 0.1) is 0 Å². The van der Waals surface area contributed by atoms with Gasteiger partial charge < -0.3 is 14.7 Å². The van der Waals surface area contributed by atoms with Gasteiger partial charge in [-0.3, -0.25) is 9.59 Å². The Hall–Kier alpha value is -3.16. The lowest BCUT2D eigenvalue weighted by Gasteiger charge is -2.38. The number of carbonyl (C=O) groups is 2. The highest BCUT2D eigenvalue weighted by atomic mass is 16.5. The smallest absolute Gasteiger partial charge is 0.348 e. The minimum absolute atomic E-state index is 0.117. The van der Waals surface area contributed by atoms with Crippen LogP contribution in [0.3, 0.4) is 0 Å². The molecule has 0 spiro atoms. The Bertz CT molecular complexity index is 805. The van der Waals surface area contributed by atoms with Gasteiger partial charge in [-0.2, -0.15) is 5.10 Å². The van der Waals surface area contributed by atoms with Crippen LogP contribution in [0.15, 0.2) is 47.3 Å². The molecule has 1 amide bonds. The third kappa shape index (κ3) is 3.52. The summed E-state index contributed by atoms with van der Waals surface area (Å²) < 4.78 is 5.75. The van der Waals surface area contributed by atoms with Gasteiger partial charge in [0.2, 0.25) is 5.60 Å². The summed E-state index contributed by atoms with van der Waals surface area (Å²) in [4.78, 5) is 36.7. The molecule has 1 saturated heterocycles. The highest BCUT2D eigenvalue weighted by Crippen LogP contribution is 2.29. The van der Waals surface area contributed by atoms with Crippen LogP contribution in [-0.4, -0.2) is 50.8 Å². The van der Waals surface area contributed by atoms with E-state index in [0.29, 0.717) is 5.75 Å². The average molecular weight is 343 g/mol. The van der Waals surface area contributed by atoms with Crippen LogP contribution in [0.2, 0.25) is 0 Å². The number of para-hydroxylation sites is 1. The van der Waals surface area contributed by atoms with E-state index in [-0.39, 0.29) is 37.5 Å². The van der Waals surface area contributed by atoms with Crippen LogP contribution in [0.1, 0.15) is 23.3 Å². The molecular formula is C17H17N3O5. The van der Waals surface area contributed by atoms with Gasteiger partial charge in [0, 0.05) is 32.0 Å². The first kappa shape index (κ1) is 16.7. The molecule has 8 nitrogen and oxygen atoms in total. The van der Waals surface area contributed by atoms with Crippen LogP contribution in [0.5, 0.6) is 5.75 Å². The number of rotatable bonds is 4. The number of aliphatic carboxylic acids is 1. The van der Waals surface area contributed by atoms with E-state index >= 15 is 0 Å². The zero-order valence-electron chi connectivity index (χ0n) is 13.3. The monoisotopic (exact) mass is 343 g/mol. The quantitative estimate of drug-likeness (QED) is 0.853. The van der Waals surface area contributed by atoms with Gasteiger partial charge in [-0.1, -0.05) is 18.2 Å². The third-order valence-electron chi connectivity index (χ3n) is 4.20. The minimum Gasteiger partial charge on any atom is -0.478 e. The van der Waals surface area contributed by atoms with Gasteiger partial charge in [-0.05, 0) is 18.2 Å². The molecule has 2 heterocycles. The van der Waals surface area contributed by atoms with Gasteiger partial charge in [-0.15, -0.1) is 0 Å².